The number of ketones is 1. The topological polar surface area (TPSA) is 59.5 Å². The highest BCUT2D eigenvalue weighted by Crippen LogP contribution is 2.18. The first-order valence-corrected chi connectivity index (χ1v) is 5.50. The molecule has 0 saturated carbocycles. The minimum absolute atomic E-state index is 0.0544. The smallest absolute Gasteiger partial charge is 0.330 e. The molecule has 0 aromatic carbocycles. The minimum Gasteiger partial charge on any atom is -0.462 e. The van der Waals surface area contributed by atoms with Crippen LogP contribution in [0.15, 0.2) is 31.1 Å². The van der Waals surface area contributed by atoms with Crippen LogP contribution in [0.1, 0.15) is 16.8 Å². The van der Waals surface area contributed by atoms with Gasteiger partial charge in [-0.1, -0.05) is 6.58 Å². The van der Waals surface area contributed by atoms with Crippen molar-refractivity contribution in [2.24, 2.45) is 0 Å². The van der Waals surface area contributed by atoms with Crippen LogP contribution in [0.25, 0.3) is 0 Å². The van der Waals surface area contributed by atoms with E-state index in [0.29, 0.717) is 5.56 Å². The normalized spacial score (nSPS) is 9.67. The zero-order valence-corrected chi connectivity index (χ0v) is 10.5. The second-order valence-electron chi connectivity index (χ2n) is 3.83. The number of nitrogens with zero attached hydrogens (tertiary/aromatic N) is 2. The number of carbonyl (C=O) groups is 2. The molecule has 5 heteroatoms. The van der Waals surface area contributed by atoms with Crippen molar-refractivity contribution >= 4 is 17.4 Å². The molecule has 1 rings (SSSR count). The highest BCUT2D eigenvalue weighted by atomic mass is 16.5. The van der Waals surface area contributed by atoms with Crippen molar-refractivity contribution in [1.82, 2.24) is 4.98 Å². The van der Waals surface area contributed by atoms with Crippen molar-refractivity contribution < 1.29 is 14.3 Å². The van der Waals surface area contributed by atoms with Gasteiger partial charge in [-0.2, -0.15) is 0 Å². The molecule has 0 aliphatic heterocycles. The third-order valence-corrected chi connectivity index (χ3v) is 2.32. The SMILES string of the molecule is C=CC(=O)OCCC(=O)c1ccncc1N(C)C. The van der Waals surface area contributed by atoms with E-state index in [1.807, 2.05) is 19.0 Å². The molecule has 1 heterocycles. The number of hydrogen-bond acceptors (Lipinski definition) is 5. The van der Waals surface area contributed by atoms with Crippen molar-refractivity contribution in [1.29, 1.82) is 0 Å². The highest BCUT2D eigenvalue weighted by molar-refractivity contribution is 6.01. The van der Waals surface area contributed by atoms with Crippen molar-refractivity contribution in [3.8, 4) is 0 Å². The summed E-state index contributed by atoms with van der Waals surface area (Å²) in [5.41, 5.74) is 1.32. The Hall–Kier alpha value is -2.17. The summed E-state index contributed by atoms with van der Waals surface area (Å²) in [6, 6.07) is 1.66. The predicted molar refractivity (Wildman–Crippen MR) is 68.7 cm³/mol. The lowest BCUT2D eigenvalue weighted by atomic mass is 10.1. The number of Topliss-reactive ketones (excluding diaryl/α,β-unsaturated/α-hetero) is 1. The van der Waals surface area contributed by atoms with Gasteiger partial charge in [0.05, 0.1) is 18.5 Å². The number of pyridine rings is 1. The van der Waals surface area contributed by atoms with Gasteiger partial charge in [-0.15, -0.1) is 0 Å². The van der Waals surface area contributed by atoms with E-state index in [1.165, 1.54) is 0 Å². The van der Waals surface area contributed by atoms with E-state index in [0.717, 1.165) is 11.8 Å². The van der Waals surface area contributed by atoms with E-state index in [9.17, 15) is 9.59 Å². The molecule has 1 aromatic heterocycles. The van der Waals surface area contributed by atoms with Crippen LogP contribution >= 0.6 is 0 Å². The first-order valence-electron chi connectivity index (χ1n) is 5.50. The Morgan fingerprint density at radius 3 is 2.83 bits per heavy atom. The summed E-state index contributed by atoms with van der Waals surface area (Å²) in [4.78, 5) is 28.6. The summed E-state index contributed by atoms with van der Waals surface area (Å²) in [6.45, 7) is 3.33. The molecular formula is C13H16N2O3. The molecule has 0 fully saturated rings. The van der Waals surface area contributed by atoms with Crippen LogP contribution < -0.4 is 4.90 Å². The molecule has 0 bridgehead atoms. The Kier molecular flexibility index (Phi) is 5.05. The van der Waals surface area contributed by atoms with E-state index in [4.69, 9.17) is 4.74 Å². The molecule has 0 N–H and O–H groups in total. The maximum atomic E-state index is 12.0. The molecule has 0 aliphatic rings. The average Bonchev–Trinajstić information content (AvgIpc) is 2.38. The van der Waals surface area contributed by atoms with Gasteiger partial charge < -0.3 is 9.64 Å². The lowest BCUT2D eigenvalue weighted by Crippen LogP contribution is -2.15. The fourth-order valence-electron chi connectivity index (χ4n) is 1.42. The summed E-state index contributed by atoms with van der Waals surface area (Å²) in [7, 11) is 3.68. The molecule has 0 spiro atoms. The number of ether oxygens (including phenoxy) is 1. The third-order valence-electron chi connectivity index (χ3n) is 2.32. The van der Waals surface area contributed by atoms with Gasteiger partial charge in [0.2, 0.25) is 0 Å². The van der Waals surface area contributed by atoms with Gasteiger partial charge in [0.1, 0.15) is 0 Å². The first kappa shape index (κ1) is 13.9. The average molecular weight is 248 g/mol. The summed E-state index contributed by atoms with van der Waals surface area (Å²) in [6.07, 6.45) is 4.41. The molecule has 0 saturated heterocycles. The molecule has 0 amide bonds. The van der Waals surface area contributed by atoms with E-state index in [2.05, 4.69) is 11.6 Å². The van der Waals surface area contributed by atoms with Gasteiger partial charge >= 0.3 is 5.97 Å². The molecule has 0 unspecified atom stereocenters. The largest absolute Gasteiger partial charge is 0.462 e. The van der Waals surface area contributed by atoms with Gasteiger partial charge in [-0.25, -0.2) is 4.79 Å². The quantitative estimate of drug-likeness (QED) is 0.433. The summed E-state index contributed by atoms with van der Waals surface area (Å²) in [5.74, 6) is -0.608. The number of esters is 1. The highest BCUT2D eigenvalue weighted by Gasteiger charge is 2.13. The van der Waals surface area contributed by atoms with Gasteiger partial charge in [0.15, 0.2) is 5.78 Å². The Bertz CT molecular complexity index is 455. The van der Waals surface area contributed by atoms with E-state index in [-0.39, 0.29) is 18.8 Å². The molecule has 0 atom stereocenters. The Morgan fingerprint density at radius 2 is 2.22 bits per heavy atom. The van der Waals surface area contributed by atoms with Crippen molar-refractivity contribution in [3.05, 3.63) is 36.7 Å². The zero-order chi connectivity index (χ0) is 13.5. The van der Waals surface area contributed by atoms with Crippen molar-refractivity contribution in [3.63, 3.8) is 0 Å². The molecule has 96 valence electrons. The molecule has 1 aromatic rings. The van der Waals surface area contributed by atoms with Gasteiger partial charge in [-0.05, 0) is 6.07 Å². The molecule has 5 nitrogen and oxygen atoms in total. The first-order chi connectivity index (χ1) is 8.56. The van der Waals surface area contributed by atoms with Crippen LogP contribution in [-0.4, -0.2) is 37.4 Å². The van der Waals surface area contributed by atoms with Crippen LogP contribution in [0.3, 0.4) is 0 Å². The van der Waals surface area contributed by atoms with Crippen molar-refractivity contribution in [2.45, 2.75) is 6.42 Å². The summed E-state index contributed by atoms with van der Waals surface area (Å²) >= 11 is 0. The second kappa shape index (κ2) is 6.54. The lowest BCUT2D eigenvalue weighted by Gasteiger charge is -2.15. The van der Waals surface area contributed by atoms with E-state index in [1.54, 1.807) is 18.5 Å². The Labute approximate surface area is 106 Å². The third kappa shape index (κ3) is 3.69. The molecule has 18 heavy (non-hydrogen) atoms. The standard InChI is InChI=1S/C13H16N2O3/c1-4-13(17)18-8-6-12(16)10-5-7-14-9-11(10)15(2)3/h4-5,7,9H,1,6,8H2,2-3H3. The van der Waals surface area contributed by atoms with Crippen LogP contribution in [0, 0.1) is 0 Å². The zero-order valence-electron chi connectivity index (χ0n) is 10.5. The van der Waals surface area contributed by atoms with Crippen LogP contribution in [0.4, 0.5) is 5.69 Å². The number of aromatic nitrogens is 1. The Morgan fingerprint density at radius 1 is 1.50 bits per heavy atom. The number of carbonyl (C=O) groups excluding carboxylic acids is 2. The summed E-state index contributed by atoms with van der Waals surface area (Å²) < 4.78 is 4.78. The molecule has 0 radical (unpaired) electrons. The van der Waals surface area contributed by atoms with Gasteiger partial charge in [0.25, 0.3) is 0 Å². The van der Waals surface area contributed by atoms with E-state index < -0.39 is 5.97 Å². The number of rotatable bonds is 6. The Balaban J connectivity index is 2.67. The van der Waals surface area contributed by atoms with Crippen LogP contribution in [-0.2, 0) is 9.53 Å². The lowest BCUT2D eigenvalue weighted by molar-refractivity contribution is -0.137. The summed E-state index contributed by atoms with van der Waals surface area (Å²) in [5, 5.41) is 0. The van der Waals surface area contributed by atoms with Crippen molar-refractivity contribution in [2.75, 3.05) is 25.6 Å². The number of anilines is 1. The van der Waals surface area contributed by atoms with Gasteiger partial charge in [-0.3, -0.25) is 9.78 Å². The van der Waals surface area contributed by atoms with Crippen LogP contribution in [0.2, 0.25) is 0 Å². The monoisotopic (exact) mass is 248 g/mol. The predicted octanol–water partition coefficient (Wildman–Crippen LogP) is 1.45. The second-order valence-corrected chi connectivity index (χ2v) is 3.83. The number of hydrogen-bond donors (Lipinski definition) is 0. The molecule has 0 aliphatic carbocycles. The van der Waals surface area contributed by atoms with Crippen LogP contribution in [0.5, 0.6) is 0 Å². The fourth-order valence-corrected chi connectivity index (χ4v) is 1.42. The minimum atomic E-state index is -0.523. The maximum absolute atomic E-state index is 12.0. The fraction of sp³-hybridized carbons (Fsp3) is 0.308. The van der Waals surface area contributed by atoms with E-state index >= 15 is 0 Å². The molecular weight excluding hydrogens is 232 g/mol. The maximum Gasteiger partial charge on any atom is 0.330 e. The van der Waals surface area contributed by atoms with Gasteiger partial charge in [0, 0.05) is 38.4 Å².